The number of aryl methyl sites for hydroxylation is 1. The minimum Gasteiger partial charge on any atom is -0.489 e. The van der Waals surface area contributed by atoms with Gasteiger partial charge in [0.25, 0.3) is 0 Å². The van der Waals surface area contributed by atoms with E-state index in [-0.39, 0.29) is 17.6 Å². The van der Waals surface area contributed by atoms with Crippen LogP contribution in [0.15, 0.2) is 75.9 Å². The van der Waals surface area contributed by atoms with Crippen molar-refractivity contribution < 1.29 is 13.5 Å². The first-order chi connectivity index (χ1) is 13.5. The normalized spacial score (nSPS) is 11.0. The molecule has 3 nitrogen and oxygen atoms in total. The van der Waals surface area contributed by atoms with E-state index in [1.165, 1.54) is 6.07 Å². The van der Waals surface area contributed by atoms with E-state index in [4.69, 9.17) is 20.8 Å². The molecular formula is C23H16ClFO3. The van der Waals surface area contributed by atoms with Crippen molar-refractivity contribution in [3.63, 3.8) is 0 Å². The molecule has 3 aromatic carbocycles. The minimum absolute atomic E-state index is 0.0255. The van der Waals surface area contributed by atoms with Crippen LogP contribution in [0.3, 0.4) is 0 Å². The van der Waals surface area contributed by atoms with Gasteiger partial charge in [-0.1, -0.05) is 48.0 Å². The molecule has 28 heavy (non-hydrogen) atoms. The molecule has 0 saturated carbocycles. The fourth-order valence-electron chi connectivity index (χ4n) is 3.14. The second-order valence-electron chi connectivity index (χ2n) is 6.38. The topological polar surface area (TPSA) is 39.4 Å². The summed E-state index contributed by atoms with van der Waals surface area (Å²) in [6.45, 7) is 1.73. The molecular weight excluding hydrogens is 379 g/mol. The number of ether oxygens (including phenoxy) is 1. The van der Waals surface area contributed by atoms with Crippen LogP contribution in [0.5, 0.6) is 5.75 Å². The molecule has 0 spiro atoms. The zero-order chi connectivity index (χ0) is 19.7. The average Bonchev–Trinajstić information content (AvgIpc) is 2.68. The fraction of sp³-hybridized carbons (Fsp3) is 0.0870. The first-order valence-corrected chi connectivity index (χ1v) is 9.11. The molecule has 1 aromatic heterocycles. The van der Waals surface area contributed by atoms with Crippen molar-refractivity contribution in [3.8, 4) is 16.9 Å². The van der Waals surface area contributed by atoms with Crippen LogP contribution in [0, 0.1) is 12.7 Å². The summed E-state index contributed by atoms with van der Waals surface area (Å²) in [6.07, 6.45) is 0. The second kappa shape index (κ2) is 7.49. The molecule has 4 rings (SSSR count). The Balaban J connectivity index is 1.70. The molecule has 0 N–H and O–H groups in total. The molecule has 0 amide bonds. The van der Waals surface area contributed by atoms with Crippen molar-refractivity contribution in [2.75, 3.05) is 0 Å². The van der Waals surface area contributed by atoms with Crippen molar-refractivity contribution in [2.45, 2.75) is 13.5 Å². The van der Waals surface area contributed by atoms with Crippen molar-refractivity contribution in [1.29, 1.82) is 0 Å². The van der Waals surface area contributed by atoms with Gasteiger partial charge in [0, 0.05) is 11.6 Å². The van der Waals surface area contributed by atoms with Crippen LogP contribution in [0.2, 0.25) is 5.02 Å². The number of rotatable bonds is 4. The monoisotopic (exact) mass is 394 g/mol. The average molecular weight is 395 g/mol. The van der Waals surface area contributed by atoms with Crippen molar-refractivity contribution >= 4 is 22.6 Å². The Morgan fingerprint density at radius 1 is 1.04 bits per heavy atom. The van der Waals surface area contributed by atoms with Gasteiger partial charge in [-0.3, -0.25) is 4.79 Å². The highest BCUT2D eigenvalue weighted by Gasteiger charge is 2.14. The highest BCUT2D eigenvalue weighted by Crippen LogP contribution is 2.27. The summed E-state index contributed by atoms with van der Waals surface area (Å²) in [7, 11) is 0. The number of benzene rings is 3. The summed E-state index contributed by atoms with van der Waals surface area (Å²) in [4.78, 5) is 13.0. The van der Waals surface area contributed by atoms with E-state index in [1.807, 2.05) is 30.3 Å². The van der Waals surface area contributed by atoms with Crippen LogP contribution in [0.25, 0.3) is 22.1 Å². The Bertz CT molecular complexity index is 1200. The molecule has 0 bridgehead atoms. The first-order valence-electron chi connectivity index (χ1n) is 8.73. The highest BCUT2D eigenvalue weighted by atomic mass is 35.5. The Morgan fingerprint density at radius 3 is 2.57 bits per heavy atom. The van der Waals surface area contributed by atoms with Crippen LogP contribution in [0.4, 0.5) is 4.39 Å². The maximum atomic E-state index is 13.9. The van der Waals surface area contributed by atoms with Gasteiger partial charge in [-0.2, -0.15) is 0 Å². The van der Waals surface area contributed by atoms with Gasteiger partial charge < -0.3 is 9.15 Å². The van der Waals surface area contributed by atoms with Crippen LogP contribution in [-0.2, 0) is 6.61 Å². The summed E-state index contributed by atoms with van der Waals surface area (Å²) >= 11 is 6.03. The predicted molar refractivity (Wildman–Crippen MR) is 108 cm³/mol. The Morgan fingerprint density at radius 2 is 1.82 bits per heavy atom. The zero-order valence-corrected chi connectivity index (χ0v) is 15.8. The van der Waals surface area contributed by atoms with Gasteiger partial charge in [0.1, 0.15) is 29.5 Å². The van der Waals surface area contributed by atoms with Crippen molar-refractivity contribution in [2.24, 2.45) is 0 Å². The molecule has 0 aliphatic rings. The molecule has 0 saturated heterocycles. The van der Waals surface area contributed by atoms with Crippen molar-refractivity contribution in [1.82, 2.24) is 0 Å². The molecule has 0 fully saturated rings. The van der Waals surface area contributed by atoms with E-state index in [2.05, 4.69) is 0 Å². The van der Waals surface area contributed by atoms with Crippen molar-refractivity contribution in [3.05, 3.63) is 99.1 Å². The summed E-state index contributed by atoms with van der Waals surface area (Å²) < 4.78 is 25.5. The number of hydrogen-bond acceptors (Lipinski definition) is 3. The van der Waals surface area contributed by atoms with Gasteiger partial charge >= 0.3 is 0 Å². The van der Waals surface area contributed by atoms with Gasteiger partial charge in [-0.05, 0) is 36.8 Å². The third kappa shape index (κ3) is 3.39. The maximum absolute atomic E-state index is 13.9. The van der Waals surface area contributed by atoms with Gasteiger partial charge in [-0.25, -0.2) is 4.39 Å². The molecule has 5 heteroatoms. The standard InChI is InChI=1S/C23H16ClFO3/c1-14-22(15-6-3-2-4-7-15)23(26)17-11-10-16(12-21(17)28-14)27-13-18-19(24)8-5-9-20(18)25/h2-12H,13H2,1H3. The van der Waals surface area contributed by atoms with Crippen LogP contribution >= 0.6 is 11.6 Å². The van der Waals surface area contributed by atoms with Crippen LogP contribution in [0.1, 0.15) is 11.3 Å². The third-order valence-corrected chi connectivity index (χ3v) is 4.90. The highest BCUT2D eigenvalue weighted by molar-refractivity contribution is 6.31. The van der Waals surface area contributed by atoms with E-state index in [1.54, 1.807) is 37.3 Å². The number of hydrogen-bond donors (Lipinski definition) is 0. The quantitative estimate of drug-likeness (QED) is 0.417. The number of fused-ring (bicyclic) bond motifs is 1. The van der Waals surface area contributed by atoms with Gasteiger partial charge in [0.2, 0.25) is 5.43 Å². The largest absolute Gasteiger partial charge is 0.489 e. The lowest BCUT2D eigenvalue weighted by molar-refractivity contribution is 0.300. The maximum Gasteiger partial charge on any atom is 0.200 e. The minimum atomic E-state index is -0.428. The predicted octanol–water partition coefficient (Wildman–Crippen LogP) is 6.14. The smallest absolute Gasteiger partial charge is 0.200 e. The second-order valence-corrected chi connectivity index (χ2v) is 6.78. The lowest BCUT2D eigenvalue weighted by Gasteiger charge is -2.11. The summed E-state index contributed by atoms with van der Waals surface area (Å²) in [5, 5.41) is 0.761. The van der Waals surface area contributed by atoms with E-state index in [9.17, 15) is 9.18 Å². The van der Waals surface area contributed by atoms with Gasteiger partial charge in [-0.15, -0.1) is 0 Å². The fourth-order valence-corrected chi connectivity index (χ4v) is 3.36. The van der Waals surface area contributed by atoms with Gasteiger partial charge in [0.15, 0.2) is 0 Å². The lowest BCUT2D eigenvalue weighted by Crippen LogP contribution is -2.07. The Labute approximate surface area is 166 Å². The molecule has 0 unspecified atom stereocenters. The molecule has 140 valence electrons. The third-order valence-electron chi connectivity index (χ3n) is 4.55. The molecule has 0 radical (unpaired) electrons. The first kappa shape index (κ1) is 18.3. The zero-order valence-electron chi connectivity index (χ0n) is 15.0. The van der Waals surface area contributed by atoms with E-state index < -0.39 is 5.82 Å². The number of halogens is 2. The summed E-state index contributed by atoms with van der Waals surface area (Å²) in [5.41, 5.74) is 1.94. The summed E-state index contributed by atoms with van der Waals surface area (Å²) in [6, 6.07) is 18.8. The SMILES string of the molecule is Cc1oc2cc(OCc3c(F)cccc3Cl)ccc2c(=O)c1-c1ccccc1. The molecule has 1 heterocycles. The van der Waals surface area contributed by atoms with Crippen LogP contribution < -0.4 is 10.2 Å². The van der Waals surface area contributed by atoms with E-state index in [0.717, 1.165) is 5.56 Å². The molecule has 4 aromatic rings. The lowest BCUT2D eigenvalue weighted by atomic mass is 10.0. The van der Waals surface area contributed by atoms with E-state index >= 15 is 0 Å². The Kier molecular flexibility index (Phi) is 4.88. The molecule has 0 atom stereocenters. The molecule has 0 aliphatic carbocycles. The summed E-state index contributed by atoms with van der Waals surface area (Å²) in [5.74, 6) is 0.558. The Hall–Kier alpha value is -3.11. The van der Waals surface area contributed by atoms with Crippen LogP contribution in [-0.4, -0.2) is 0 Å². The van der Waals surface area contributed by atoms with Gasteiger partial charge in [0.05, 0.1) is 16.0 Å². The molecule has 0 aliphatic heterocycles. The van der Waals surface area contributed by atoms with E-state index in [0.29, 0.717) is 33.1 Å².